The molecule has 6 heteroatoms. The topological polar surface area (TPSA) is 43.6 Å². The molecule has 0 spiro atoms. The molecule has 2 heterocycles. The fourth-order valence-electron chi connectivity index (χ4n) is 1.60. The number of nitrogens with zero attached hydrogens (tertiary/aromatic N) is 4. The monoisotopic (exact) mass is 288 g/mol. The summed E-state index contributed by atoms with van der Waals surface area (Å²) < 4.78 is 2.95. The van der Waals surface area contributed by atoms with E-state index in [1.165, 1.54) is 0 Å². The van der Waals surface area contributed by atoms with Crippen molar-refractivity contribution in [2.75, 3.05) is 0 Å². The molecule has 2 aromatic heterocycles. The average molecular weight is 288 g/mol. The molecule has 0 unspecified atom stereocenters. The first kappa shape index (κ1) is 12.4. The lowest BCUT2D eigenvalue weighted by Crippen LogP contribution is -1.92. The predicted octanol–water partition coefficient (Wildman–Crippen LogP) is 3.40. The summed E-state index contributed by atoms with van der Waals surface area (Å²) in [6.45, 7) is 1.94. The van der Waals surface area contributed by atoms with E-state index < -0.39 is 0 Å². The molecule has 0 N–H and O–H groups in total. The fraction of sp³-hybridized carbons (Fsp3) is 0.154. The summed E-state index contributed by atoms with van der Waals surface area (Å²) in [4.78, 5) is 4.63. The molecule has 0 bridgehead atoms. The van der Waals surface area contributed by atoms with Crippen LogP contribution in [0.5, 0.6) is 0 Å². The second-order valence-electron chi connectivity index (χ2n) is 4.06. The summed E-state index contributed by atoms with van der Waals surface area (Å²) in [6, 6.07) is 10.2. The van der Waals surface area contributed by atoms with Crippen LogP contribution in [0.25, 0.3) is 11.3 Å². The Morgan fingerprint density at radius 3 is 2.63 bits per heavy atom. The zero-order valence-corrected chi connectivity index (χ0v) is 12.2. The minimum Gasteiger partial charge on any atom is -0.309 e. The van der Waals surface area contributed by atoms with Crippen LogP contribution in [0.2, 0.25) is 0 Å². The largest absolute Gasteiger partial charge is 0.309 e. The van der Waals surface area contributed by atoms with E-state index in [0.29, 0.717) is 0 Å². The maximum Gasteiger partial charge on any atom is 0.198 e. The number of rotatable bonds is 3. The first-order valence-electron chi connectivity index (χ1n) is 5.79. The predicted molar refractivity (Wildman–Crippen MR) is 77.4 cm³/mol. The van der Waals surface area contributed by atoms with Gasteiger partial charge in [-0.1, -0.05) is 30.3 Å². The quantitative estimate of drug-likeness (QED) is 0.741. The zero-order valence-electron chi connectivity index (χ0n) is 10.6. The zero-order chi connectivity index (χ0) is 13.2. The lowest BCUT2D eigenvalue weighted by Gasteiger charge is -1.97. The Morgan fingerprint density at radius 2 is 1.95 bits per heavy atom. The Labute approximate surface area is 119 Å². The summed E-state index contributed by atoms with van der Waals surface area (Å²) in [5, 5.41) is 11.1. The van der Waals surface area contributed by atoms with Crippen molar-refractivity contribution in [3.05, 3.63) is 41.5 Å². The lowest BCUT2D eigenvalue weighted by molar-refractivity contribution is 0.765. The lowest BCUT2D eigenvalue weighted by atomic mass is 10.2. The van der Waals surface area contributed by atoms with E-state index in [1.54, 1.807) is 23.1 Å². The van der Waals surface area contributed by atoms with E-state index in [-0.39, 0.29) is 0 Å². The summed E-state index contributed by atoms with van der Waals surface area (Å²) in [7, 11) is 1.96. The molecule has 0 saturated carbocycles. The molecular formula is C13H12N4S2. The van der Waals surface area contributed by atoms with Gasteiger partial charge in [0.1, 0.15) is 5.82 Å². The number of benzene rings is 1. The third-order valence-corrected chi connectivity index (χ3v) is 4.76. The van der Waals surface area contributed by atoms with Crippen molar-refractivity contribution in [3.8, 4) is 11.3 Å². The highest BCUT2D eigenvalue weighted by atomic mass is 32.2. The van der Waals surface area contributed by atoms with Crippen LogP contribution in [0.1, 0.15) is 5.82 Å². The van der Waals surface area contributed by atoms with E-state index in [4.69, 9.17) is 0 Å². The van der Waals surface area contributed by atoms with Gasteiger partial charge in [0.2, 0.25) is 0 Å². The van der Waals surface area contributed by atoms with Crippen molar-refractivity contribution in [2.24, 2.45) is 7.05 Å². The van der Waals surface area contributed by atoms with Crippen molar-refractivity contribution in [1.29, 1.82) is 0 Å². The molecule has 0 amide bonds. The molecular weight excluding hydrogens is 276 g/mol. The standard InChI is InChI=1S/C13H12N4S2/c1-9-15-16-12(17(9)2)19-13-14-11(8-18-13)10-6-4-3-5-7-10/h3-8H,1-2H3. The van der Waals surface area contributed by atoms with Crippen LogP contribution in [0.4, 0.5) is 0 Å². The molecule has 0 aliphatic rings. The smallest absolute Gasteiger partial charge is 0.198 e. The van der Waals surface area contributed by atoms with E-state index in [1.807, 2.05) is 36.7 Å². The molecule has 0 atom stereocenters. The summed E-state index contributed by atoms with van der Waals surface area (Å²) in [6.07, 6.45) is 0. The molecule has 0 fully saturated rings. The van der Waals surface area contributed by atoms with Gasteiger partial charge in [0.25, 0.3) is 0 Å². The van der Waals surface area contributed by atoms with Crippen LogP contribution in [0.15, 0.2) is 45.2 Å². The van der Waals surface area contributed by atoms with Gasteiger partial charge in [-0.05, 0) is 18.7 Å². The molecule has 96 valence electrons. The molecule has 0 radical (unpaired) electrons. The van der Waals surface area contributed by atoms with E-state index >= 15 is 0 Å². The van der Waals surface area contributed by atoms with Gasteiger partial charge < -0.3 is 4.57 Å². The normalized spacial score (nSPS) is 10.8. The van der Waals surface area contributed by atoms with Crippen LogP contribution in [0, 0.1) is 6.92 Å². The van der Waals surface area contributed by atoms with E-state index in [2.05, 4.69) is 32.7 Å². The van der Waals surface area contributed by atoms with Gasteiger partial charge in [-0.25, -0.2) is 4.98 Å². The van der Waals surface area contributed by atoms with Gasteiger partial charge >= 0.3 is 0 Å². The highest BCUT2D eigenvalue weighted by Gasteiger charge is 2.10. The first-order chi connectivity index (χ1) is 9.24. The number of hydrogen-bond acceptors (Lipinski definition) is 5. The third kappa shape index (κ3) is 2.54. The van der Waals surface area contributed by atoms with Crippen molar-refractivity contribution in [2.45, 2.75) is 16.4 Å². The number of aryl methyl sites for hydroxylation is 1. The Morgan fingerprint density at radius 1 is 1.16 bits per heavy atom. The Bertz CT molecular complexity index is 688. The highest BCUT2D eigenvalue weighted by molar-refractivity contribution is 8.00. The van der Waals surface area contributed by atoms with Gasteiger partial charge in [0.05, 0.1) is 5.69 Å². The number of hydrogen-bond donors (Lipinski definition) is 0. The molecule has 3 rings (SSSR count). The molecule has 0 aliphatic heterocycles. The summed E-state index contributed by atoms with van der Waals surface area (Å²) in [5.74, 6) is 0.905. The minimum atomic E-state index is 0.867. The van der Waals surface area contributed by atoms with E-state index in [0.717, 1.165) is 26.6 Å². The van der Waals surface area contributed by atoms with Crippen molar-refractivity contribution in [3.63, 3.8) is 0 Å². The van der Waals surface area contributed by atoms with Crippen LogP contribution in [0.3, 0.4) is 0 Å². The average Bonchev–Trinajstić information content (AvgIpc) is 3.02. The number of aromatic nitrogens is 4. The van der Waals surface area contributed by atoms with Crippen LogP contribution < -0.4 is 0 Å². The third-order valence-electron chi connectivity index (χ3n) is 2.78. The van der Waals surface area contributed by atoms with Crippen LogP contribution in [-0.2, 0) is 7.05 Å². The van der Waals surface area contributed by atoms with Gasteiger partial charge in [-0.15, -0.1) is 21.5 Å². The Balaban J connectivity index is 1.84. The first-order valence-corrected chi connectivity index (χ1v) is 7.48. The van der Waals surface area contributed by atoms with Crippen LogP contribution >= 0.6 is 23.1 Å². The molecule has 4 nitrogen and oxygen atoms in total. The van der Waals surface area contributed by atoms with Gasteiger partial charge in [0.15, 0.2) is 9.50 Å². The maximum absolute atomic E-state index is 4.63. The second kappa shape index (κ2) is 5.14. The molecule has 1 aromatic carbocycles. The van der Waals surface area contributed by atoms with Crippen molar-refractivity contribution < 1.29 is 0 Å². The SMILES string of the molecule is Cc1nnc(Sc2nc(-c3ccccc3)cs2)n1C. The van der Waals surface area contributed by atoms with Crippen LogP contribution in [-0.4, -0.2) is 19.7 Å². The van der Waals surface area contributed by atoms with Gasteiger partial charge in [0, 0.05) is 18.0 Å². The highest BCUT2D eigenvalue weighted by Crippen LogP contribution is 2.32. The van der Waals surface area contributed by atoms with Gasteiger partial charge in [-0.3, -0.25) is 0 Å². The van der Waals surface area contributed by atoms with Crippen molar-refractivity contribution in [1.82, 2.24) is 19.7 Å². The number of thiazole rings is 1. The minimum absolute atomic E-state index is 0.867. The summed E-state index contributed by atoms with van der Waals surface area (Å²) in [5.41, 5.74) is 2.15. The molecule has 0 saturated heterocycles. The second-order valence-corrected chi connectivity index (χ2v) is 6.13. The summed E-state index contributed by atoms with van der Waals surface area (Å²) >= 11 is 3.18. The van der Waals surface area contributed by atoms with Gasteiger partial charge in [-0.2, -0.15) is 0 Å². The molecule has 3 aromatic rings. The van der Waals surface area contributed by atoms with Crippen molar-refractivity contribution >= 4 is 23.1 Å². The maximum atomic E-state index is 4.63. The Hall–Kier alpha value is -1.66. The van der Waals surface area contributed by atoms with E-state index in [9.17, 15) is 0 Å². The Kier molecular flexibility index (Phi) is 3.35. The molecule has 19 heavy (non-hydrogen) atoms. The molecule has 0 aliphatic carbocycles. The fourth-order valence-corrected chi connectivity index (χ4v) is 3.36.